The van der Waals surface area contributed by atoms with Crippen LogP contribution in [-0.4, -0.2) is 67.7 Å². The smallest absolute Gasteiger partial charge is 0.410 e. The van der Waals surface area contributed by atoms with E-state index >= 15 is 0 Å². The highest BCUT2D eigenvalue weighted by molar-refractivity contribution is 7.91. The van der Waals surface area contributed by atoms with Crippen LogP contribution in [0, 0.1) is 5.92 Å². The van der Waals surface area contributed by atoms with E-state index < -0.39 is 21.7 Å². The molecule has 0 bridgehead atoms. The minimum atomic E-state index is -3.78. The van der Waals surface area contributed by atoms with E-state index in [-0.39, 0.29) is 23.0 Å². The van der Waals surface area contributed by atoms with Gasteiger partial charge in [0.15, 0.2) is 0 Å². The fourth-order valence-corrected chi connectivity index (χ4v) is 8.29. The number of likely N-dealkylation sites (tertiary alicyclic amines) is 1. The molecule has 0 aromatic carbocycles. The zero-order chi connectivity index (χ0) is 21.6. The molecule has 172 valence electrons. The van der Waals surface area contributed by atoms with Gasteiger partial charge in [-0.25, -0.2) is 13.2 Å². The van der Waals surface area contributed by atoms with Gasteiger partial charge in [-0.1, -0.05) is 24.4 Å². The summed E-state index contributed by atoms with van der Waals surface area (Å²) in [7, 11) is -3.78. The number of thiophene rings is 1. The predicted octanol–water partition coefficient (Wildman–Crippen LogP) is 4.11. The lowest BCUT2D eigenvalue weighted by Crippen LogP contribution is -2.61. The van der Waals surface area contributed by atoms with Crippen LogP contribution in [0.1, 0.15) is 51.4 Å². The number of ether oxygens (including phenoxy) is 2. The van der Waals surface area contributed by atoms with Gasteiger partial charge in [-0.05, 0) is 56.6 Å². The molecule has 2 aliphatic heterocycles. The van der Waals surface area contributed by atoms with Gasteiger partial charge in [0.2, 0.25) is 0 Å². The van der Waals surface area contributed by atoms with E-state index in [0.717, 1.165) is 49.9 Å². The number of carbonyl (C=O) groups excluding carboxylic acids is 1. The Balaban J connectivity index is 1.43. The topological polar surface area (TPSA) is 76.1 Å². The number of amides is 1. The minimum absolute atomic E-state index is 0.239. The summed E-state index contributed by atoms with van der Waals surface area (Å²) in [4.78, 5) is 14.6. The molecule has 0 spiro atoms. The lowest BCUT2D eigenvalue weighted by Gasteiger charge is -2.44. The van der Waals surface area contributed by atoms with Gasteiger partial charge in [0.1, 0.15) is 9.81 Å². The first-order valence-electron chi connectivity index (χ1n) is 11.2. The first-order chi connectivity index (χ1) is 14.9. The third kappa shape index (κ3) is 4.49. The van der Waals surface area contributed by atoms with Gasteiger partial charge >= 0.3 is 6.09 Å². The van der Waals surface area contributed by atoms with Crippen molar-refractivity contribution in [1.29, 1.82) is 0 Å². The normalized spacial score (nSPS) is 29.0. The molecule has 31 heavy (non-hydrogen) atoms. The molecule has 0 unspecified atom stereocenters. The van der Waals surface area contributed by atoms with Crippen LogP contribution in [0.15, 0.2) is 16.3 Å². The number of sulfonamides is 1. The fraction of sp³-hybridized carbons (Fsp3) is 0.762. The summed E-state index contributed by atoms with van der Waals surface area (Å²) in [5, 5.41) is 0. The van der Waals surface area contributed by atoms with Gasteiger partial charge in [-0.3, -0.25) is 0 Å². The average Bonchev–Trinajstić information content (AvgIpc) is 3.69. The molecule has 2 aliphatic carbocycles. The van der Waals surface area contributed by atoms with Crippen LogP contribution in [0.25, 0.3) is 0 Å². The third-order valence-electron chi connectivity index (χ3n) is 6.89. The molecule has 1 aromatic rings. The molecule has 5 rings (SSSR count). The number of morpholine rings is 1. The Morgan fingerprint density at radius 3 is 2.55 bits per heavy atom. The largest absolute Gasteiger partial charge is 0.441 e. The molecule has 3 heterocycles. The van der Waals surface area contributed by atoms with Crippen molar-refractivity contribution in [3.63, 3.8) is 0 Å². The minimum Gasteiger partial charge on any atom is -0.441 e. The molecule has 7 nitrogen and oxygen atoms in total. The van der Waals surface area contributed by atoms with Crippen molar-refractivity contribution in [1.82, 2.24) is 9.21 Å². The number of halogens is 1. The molecule has 0 radical (unpaired) electrons. The zero-order valence-corrected chi connectivity index (χ0v) is 19.9. The van der Waals surface area contributed by atoms with Crippen LogP contribution in [-0.2, 0) is 19.5 Å². The maximum absolute atomic E-state index is 13.8. The molecule has 2 saturated heterocycles. The monoisotopic (exact) mass is 488 g/mol. The van der Waals surface area contributed by atoms with Crippen molar-refractivity contribution in [3.8, 4) is 0 Å². The van der Waals surface area contributed by atoms with Crippen LogP contribution >= 0.6 is 22.9 Å². The van der Waals surface area contributed by atoms with Crippen LogP contribution < -0.4 is 0 Å². The summed E-state index contributed by atoms with van der Waals surface area (Å²) in [6, 6.07) is 2.43. The number of carbonyl (C=O) groups is 1. The highest BCUT2D eigenvalue weighted by Gasteiger charge is 2.61. The summed E-state index contributed by atoms with van der Waals surface area (Å²) < 4.78 is 41.8. The van der Waals surface area contributed by atoms with Gasteiger partial charge < -0.3 is 14.4 Å². The van der Waals surface area contributed by atoms with E-state index in [0.29, 0.717) is 42.8 Å². The molecular weight excluding hydrogens is 460 g/mol. The average molecular weight is 489 g/mol. The van der Waals surface area contributed by atoms with E-state index in [1.54, 1.807) is 21.3 Å². The van der Waals surface area contributed by atoms with Crippen molar-refractivity contribution < 1.29 is 22.7 Å². The van der Waals surface area contributed by atoms with Crippen LogP contribution in [0.2, 0.25) is 4.34 Å². The maximum atomic E-state index is 13.8. The number of rotatable bonds is 6. The van der Waals surface area contributed by atoms with E-state index in [4.69, 9.17) is 21.1 Å². The molecule has 2 atom stereocenters. The lowest BCUT2D eigenvalue weighted by atomic mass is 10.0. The van der Waals surface area contributed by atoms with Crippen LogP contribution in [0.5, 0.6) is 0 Å². The highest BCUT2D eigenvalue weighted by Crippen LogP contribution is 2.49. The number of hydrogen-bond acceptors (Lipinski definition) is 6. The number of hydrogen-bond donors (Lipinski definition) is 0. The van der Waals surface area contributed by atoms with Crippen LogP contribution in [0.3, 0.4) is 0 Å². The highest BCUT2D eigenvalue weighted by atomic mass is 35.5. The predicted molar refractivity (Wildman–Crippen MR) is 118 cm³/mol. The lowest BCUT2D eigenvalue weighted by molar-refractivity contribution is -0.0739. The SMILES string of the molecule is O=C(OC1([C@H]2COC[C@@H](CC3CC3)N2S(=O)(=O)c2ccc(Cl)s2)CC1)N1CCCCC1. The standard InChI is InChI=1S/C21H29ClN2O5S2/c22-18-6-7-19(30-18)31(26,27)24-16(12-15-4-5-15)13-28-14-17(24)21(8-9-21)29-20(25)23-10-2-1-3-11-23/h6-7,15-17H,1-5,8-14H2/t16-,17-/m1/s1. The van der Waals surface area contributed by atoms with Gasteiger partial charge in [0.05, 0.1) is 23.6 Å². The Morgan fingerprint density at radius 2 is 1.94 bits per heavy atom. The van der Waals surface area contributed by atoms with E-state index in [9.17, 15) is 13.2 Å². The summed E-state index contributed by atoms with van der Waals surface area (Å²) in [5.41, 5.74) is -0.801. The van der Waals surface area contributed by atoms with Crippen molar-refractivity contribution in [2.45, 2.75) is 73.3 Å². The van der Waals surface area contributed by atoms with Crippen molar-refractivity contribution >= 4 is 39.1 Å². The van der Waals surface area contributed by atoms with Gasteiger partial charge in [-0.15, -0.1) is 11.3 Å². The van der Waals surface area contributed by atoms with E-state index in [1.165, 1.54) is 0 Å². The fourth-order valence-electron chi connectivity index (χ4n) is 4.86. The molecule has 1 aromatic heterocycles. The Kier molecular flexibility index (Phi) is 6.01. The third-order valence-corrected chi connectivity index (χ3v) is 10.6. The van der Waals surface area contributed by atoms with Gasteiger partial charge in [-0.2, -0.15) is 4.31 Å². The Hall–Kier alpha value is -0.870. The van der Waals surface area contributed by atoms with Crippen LogP contribution in [0.4, 0.5) is 4.79 Å². The second kappa shape index (κ2) is 8.48. The zero-order valence-electron chi connectivity index (χ0n) is 17.5. The van der Waals surface area contributed by atoms with Gasteiger partial charge in [0.25, 0.3) is 10.0 Å². The van der Waals surface area contributed by atoms with Crippen molar-refractivity contribution in [2.75, 3.05) is 26.3 Å². The molecule has 2 saturated carbocycles. The Bertz CT molecular complexity index is 922. The quantitative estimate of drug-likeness (QED) is 0.602. The number of nitrogens with zero attached hydrogens (tertiary/aromatic N) is 2. The number of piperidine rings is 1. The van der Waals surface area contributed by atoms with Crippen molar-refractivity contribution in [3.05, 3.63) is 16.5 Å². The van der Waals surface area contributed by atoms with Gasteiger partial charge in [0, 0.05) is 19.1 Å². The summed E-state index contributed by atoms with van der Waals surface area (Å²) in [5.74, 6) is 0.544. The molecule has 0 N–H and O–H groups in total. The molecule has 4 aliphatic rings. The summed E-state index contributed by atoms with van der Waals surface area (Å²) in [6.07, 6.45) is 7.15. The second-order valence-electron chi connectivity index (χ2n) is 9.26. The summed E-state index contributed by atoms with van der Waals surface area (Å²) >= 11 is 7.14. The molecule has 10 heteroatoms. The van der Waals surface area contributed by atoms with E-state index in [1.807, 2.05) is 0 Å². The first kappa shape index (κ1) is 21.9. The Morgan fingerprint density at radius 1 is 1.19 bits per heavy atom. The first-order valence-corrected chi connectivity index (χ1v) is 13.9. The maximum Gasteiger partial charge on any atom is 0.410 e. The summed E-state index contributed by atoms with van der Waals surface area (Å²) in [6.45, 7) is 2.03. The molecular formula is C21H29ClN2O5S2. The molecule has 4 fully saturated rings. The van der Waals surface area contributed by atoms with E-state index in [2.05, 4.69) is 0 Å². The second-order valence-corrected chi connectivity index (χ2v) is 13.0. The molecule has 1 amide bonds. The van der Waals surface area contributed by atoms with Crippen molar-refractivity contribution in [2.24, 2.45) is 5.92 Å². The Labute approximate surface area is 192 Å².